The van der Waals surface area contributed by atoms with E-state index in [0.717, 1.165) is 11.1 Å². The monoisotopic (exact) mass is 544 g/mol. The van der Waals surface area contributed by atoms with E-state index in [1.165, 1.54) is 6.92 Å². The molecule has 212 valence electrons. The molecule has 3 heterocycles. The lowest BCUT2D eigenvalue weighted by Gasteiger charge is -2.48. The summed E-state index contributed by atoms with van der Waals surface area (Å²) >= 11 is 0. The van der Waals surface area contributed by atoms with E-state index >= 15 is 0 Å². The number of esters is 1. The molecule has 9 atom stereocenters. The number of hydrogen-bond acceptors (Lipinski definition) is 10. The Labute approximate surface area is 227 Å². The van der Waals surface area contributed by atoms with Gasteiger partial charge in [-0.1, -0.05) is 60.7 Å². The smallest absolute Gasteiger partial charge is 0.302 e. The van der Waals surface area contributed by atoms with E-state index in [-0.39, 0.29) is 13.2 Å². The maximum Gasteiger partial charge on any atom is 0.302 e. The van der Waals surface area contributed by atoms with Crippen LogP contribution in [-0.2, 0) is 51.2 Å². The fourth-order valence-electron chi connectivity index (χ4n) is 5.26. The second kappa shape index (κ2) is 13.3. The van der Waals surface area contributed by atoms with Crippen LogP contribution < -0.4 is 0 Å². The molecule has 0 amide bonds. The Kier molecular flexibility index (Phi) is 9.59. The van der Waals surface area contributed by atoms with Gasteiger partial charge in [0.2, 0.25) is 0 Å². The van der Waals surface area contributed by atoms with Crippen molar-refractivity contribution < 1.29 is 48.2 Å². The number of benzene rings is 2. The first kappa shape index (κ1) is 28.1. The molecule has 0 spiro atoms. The van der Waals surface area contributed by atoms with Crippen LogP contribution in [0.4, 0.5) is 0 Å². The zero-order chi connectivity index (χ0) is 27.2. The van der Waals surface area contributed by atoms with Gasteiger partial charge in [-0.15, -0.1) is 0 Å². The molecular weight excluding hydrogens is 508 g/mol. The maximum absolute atomic E-state index is 11.9. The van der Waals surface area contributed by atoms with Gasteiger partial charge >= 0.3 is 5.97 Å². The SMILES string of the molecule is CC(=O)OC1CC2OCCC(O2)C1OC1OC(CO)C(O)C(OCc2ccccc2)C1OCc1ccccc1. The van der Waals surface area contributed by atoms with Crippen molar-refractivity contribution in [3.63, 3.8) is 0 Å². The minimum atomic E-state index is -1.18. The van der Waals surface area contributed by atoms with Gasteiger partial charge < -0.3 is 43.4 Å². The van der Waals surface area contributed by atoms with E-state index < -0.39 is 67.9 Å². The number of aliphatic hydroxyl groups excluding tert-OH is 2. The highest BCUT2D eigenvalue weighted by Crippen LogP contribution is 2.35. The molecule has 2 aromatic carbocycles. The predicted molar refractivity (Wildman–Crippen MR) is 136 cm³/mol. The topological polar surface area (TPSA) is 122 Å². The van der Waals surface area contributed by atoms with E-state index in [4.69, 9.17) is 33.2 Å². The second-order valence-electron chi connectivity index (χ2n) is 9.99. The summed E-state index contributed by atoms with van der Waals surface area (Å²) in [4.78, 5) is 11.9. The molecule has 0 aromatic heterocycles. The first-order valence-electron chi connectivity index (χ1n) is 13.4. The normalized spacial score (nSPS) is 34.4. The zero-order valence-corrected chi connectivity index (χ0v) is 21.9. The van der Waals surface area contributed by atoms with Crippen molar-refractivity contribution in [3.05, 3.63) is 71.8 Å². The van der Waals surface area contributed by atoms with Crippen LogP contribution in [0, 0.1) is 0 Å². The molecule has 9 unspecified atom stereocenters. The third-order valence-corrected chi connectivity index (χ3v) is 7.17. The van der Waals surface area contributed by atoms with Crippen molar-refractivity contribution in [3.8, 4) is 0 Å². The summed E-state index contributed by atoms with van der Waals surface area (Å²) in [5.74, 6) is -0.442. The fraction of sp³-hybridized carbons (Fsp3) is 0.552. The van der Waals surface area contributed by atoms with Crippen LogP contribution >= 0.6 is 0 Å². The number of carbonyl (C=O) groups excluding carboxylic acids is 1. The minimum Gasteiger partial charge on any atom is -0.459 e. The van der Waals surface area contributed by atoms with E-state index in [1.807, 2.05) is 60.7 Å². The first-order chi connectivity index (χ1) is 19.0. The van der Waals surface area contributed by atoms with Gasteiger partial charge in [-0.05, 0) is 17.5 Å². The summed E-state index contributed by atoms with van der Waals surface area (Å²) in [6.45, 7) is 1.80. The van der Waals surface area contributed by atoms with Gasteiger partial charge in [-0.2, -0.15) is 0 Å². The van der Waals surface area contributed by atoms with Crippen LogP contribution in [0.25, 0.3) is 0 Å². The quantitative estimate of drug-likeness (QED) is 0.430. The lowest BCUT2D eigenvalue weighted by Crippen LogP contribution is -2.63. The maximum atomic E-state index is 11.9. The standard InChI is InChI=1S/C29H36O10/c1-18(31)36-22-14-24-33-13-12-21(37-24)26(22)39-29-28(35-17-20-10-6-3-7-11-20)27(25(32)23(15-30)38-29)34-16-19-8-4-2-5-9-19/h2-11,21-30,32H,12-17H2,1H3. The highest BCUT2D eigenvalue weighted by atomic mass is 16.7. The van der Waals surface area contributed by atoms with Gasteiger partial charge in [-0.25, -0.2) is 0 Å². The summed E-state index contributed by atoms with van der Waals surface area (Å²) < 4.78 is 42.3. The van der Waals surface area contributed by atoms with Gasteiger partial charge in [0.05, 0.1) is 32.5 Å². The van der Waals surface area contributed by atoms with Gasteiger partial charge in [-0.3, -0.25) is 4.79 Å². The molecule has 5 rings (SSSR count). The molecule has 0 radical (unpaired) electrons. The molecule has 39 heavy (non-hydrogen) atoms. The van der Waals surface area contributed by atoms with Crippen LogP contribution in [-0.4, -0.2) is 84.7 Å². The largest absolute Gasteiger partial charge is 0.459 e. The molecule has 2 aromatic rings. The summed E-state index contributed by atoms with van der Waals surface area (Å²) in [6.07, 6.45) is -6.32. The molecule has 0 saturated carbocycles. The van der Waals surface area contributed by atoms with Crippen molar-refractivity contribution in [1.82, 2.24) is 0 Å². The molecule has 3 saturated heterocycles. The van der Waals surface area contributed by atoms with Crippen molar-refractivity contribution in [2.24, 2.45) is 0 Å². The van der Waals surface area contributed by atoms with Crippen LogP contribution in [0.2, 0.25) is 0 Å². The molecular formula is C29H36O10. The number of rotatable bonds is 10. The Morgan fingerprint density at radius 2 is 1.56 bits per heavy atom. The Hall–Kier alpha value is -2.41. The van der Waals surface area contributed by atoms with Crippen molar-refractivity contribution in [2.75, 3.05) is 13.2 Å². The Balaban J connectivity index is 1.40. The number of fused-ring (bicyclic) bond motifs is 2. The Bertz CT molecular complexity index is 1040. The molecule has 0 aliphatic carbocycles. The average molecular weight is 545 g/mol. The third kappa shape index (κ3) is 7.03. The number of ether oxygens (including phenoxy) is 7. The summed E-state index contributed by atoms with van der Waals surface area (Å²) in [7, 11) is 0. The highest BCUT2D eigenvalue weighted by molar-refractivity contribution is 5.66. The highest BCUT2D eigenvalue weighted by Gasteiger charge is 2.51. The fourth-order valence-corrected chi connectivity index (χ4v) is 5.26. The van der Waals surface area contributed by atoms with Gasteiger partial charge in [0.25, 0.3) is 0 Å². The summed E-state index contributed by atoms with van der Waals surface area (Å²) in [6, 6.07) is 19.2. The Morgan fingerprint density at radius 3 is 2.18 bits per heavy atom. The van der Waals surface area contributed by atoms with E-state index in [9.17, 15) is 15.0 Å². The number of aliphatic hydroxyl groups is 2. The van der Waals surface area contributed by atoms with Gasteiger partial charge in [0.1, 0.15) is 36.6 Å². The van der Waals surface area contributed by atoms with Crippen molar-refractivity contribution in [2.45, 2.75) is 88.3 Å². The van der Waals surface area contributed by atoms with Crippen LogP contribution in [0.3, 0.4) is 0 Å². The van der Waals surface area contributed by atoms with Crippen LogP contribution in [0.5, 0.6) is 0 Å². The number of carbonyl (C=O) groups is 1. The molecule has 10 heteroatoms. The molecule has 3 aliphatic rings. The van der Waals surface area contributed by atoms with Gasteiger partial charge in [0, 0.05) is 13.3 Å². The zero-order valence-electron chi connectivity index (χ0n) is 21.9. The lowest BCUT2D eigenvalue weighted by atomic mass is 9.95. The molecule has 3 aliphatic heterocycles. The summed E-state index contributed by atoms with van der Waals surface area (Å²) in [5.41, 5.74) is 1.84. The first-order valence-corrected chi connectivity index (χ1v) is 13.4. The van der Waals surface area contributed by atoms with Gasteiger partial charge in [0.15, 0.2) is 12.6 Å². The molecule has 2 N–H and O–H groups in total. The molecule has 2 bridgehead atoms. The van der Waals surface area contributed by atoms with Crippen molar-refractivity contribution >= 4 is 5.97 Å². The predicted octanol–water partition coefficient (Wildman–Crippen LogP) is 2.09. The number of hydrogen-bond donors (Lipinski definition) is 2. The summed E-state index contributed by atoms with van der Waals surface area (Å²) in [5, 5.41) is 21.2. The molecule has 10 nitrogen and oxygen atoms in total. The van der Waals surface area contributed by atoms with Crippen molar-refractivity contribution in [1.29, 1.82) is 0 Å². The Morgan fingerprint density at radius 1 is 0.923 bits per heavy atom. The second-order valence-corrected chi connectivity index (χ2v) is 9.99. The third-order valence-electron chi connectivity index (χ3n) is 7.17. The lowest BCUT2D eigenvalue weighted by molar-refractivity contribution is -0.361. The van der Waals surface area contributed by atoms with E-state index in [0.29, 0.717) is 19.4 Å². The van der Waals surface area contributed by atoms with E-state index in [2.05, 4.69) is 0 Å². The van der Waals surface area contributed by atoms with Crippen LogP contribution in [0.1, 0.15) is 30.9 Å². The average Bonchev–Trinajstić information content (AvgIpc) is 2.95. The molecule has 3 fully saturated rings. The van der Waals surface area contributed by atoms with Crippen LogP contribution in [0.15, 0.2) is 60.7 Å². The minimum absolute atomic E-state index is 0.211. The van der Waals surface area contributed by atoms with E-state index in [1.54, 1.807) is 0 Å².